The summed E-state index contributed by atoms with van der Waals surface area (Å²) >= 11 is 5.73. The fourth-order valence-corrected chi connectivity index (χ4v) is 1.82. The lowest BCUT2D eigenvalue weighted by Crippen LogP contribution is -2.01. The molecule has 102 valence electrons. The number of aromatic nitrogens is 1. The predicted octanol–water partition coefficient (Wildman–Crippen LogP) is 2.92. The van der Waals surface area contributed by atoms with Gasteiger partial charge in [-0.3, -0.25) is 0 Å². The van der Waals surface area contributed by atoms with E-state index in [9.17, 15) is 4.79 Å². The van der Waals surface area contributed by atoms with Crippen LogP contribution >= 0.6 is 11.6 Å². The van der Waals surface area contributed by atoms with E-state index in [1.807, 2.05) is 12.1 Å². The lowest BCUT2D eigenvalue weighted by Gasteiger charge is -2.08. The van der Waals surface area contributed by atoms with Crippen LogP contribution in [-0.4, -0.2) is 16.1 Å². The SMILES string of the molecule is N#Cc1ccc(Nc2cc(C(=O)O)c(Cl)cn2)cc1C#N. The molecule has 0 radical (unpaired) electrons. The lowest BCUT2D eigenvalue weighted by molar-refractivity contribution is 0.0697. The second kappa shape index (κ2) is 5.91. The molecular weight excluding hydrogens is 292 g/mol. The third kappa shape index (κ3) is 3.08. The maximum Gasteiger partial charge on any atom is 0.337 e. The number of carboxylic acid groups (broad SMARTS) is 1. The Balaban J connectivity index is 2.35. The predicted molar refractivity (Wildman–Crippen MR) is 75.4 cm³/mol. The van der Waals surface area contributed by atoms with Crippen LogP contribution in [0.1, 0.15) is 21.5 Å². The number of nitrogens with one attached hydrogen (secondary N) is 1. The highest BCUT2D eigenvalue weighted by Crippen LogP contribution is 2.22. The van der Waals surface area contributed by atoms with Crippen molar-refractivity contribution >= 4 is 29.1 Å². The van der Waals surface area contributed by atoms with Crippen LogP contribution in [0.3, 0.4) is 0 Å². The molecule has 0 aliphatic rings. The van der Waals surface area contributed by atoms with Crippen LogP contribution < -0.4 is 5.32 Å². The molecule has 0 aliphatic carbocycles. The number of rotatable bonds is 3. The first-order valence-corrected chi connectivity index (χ1v) is 6.03. The average Bonchev–Trinajstić information content (AvgIpc) is 2.48. The van der Waals surface area contributed by atoms with Crippen LogP contribution in [0.4, 0.5) is 11.5 Å². The minimum Gasteiger partial charge on any atom is -0.478 e. The van der Waals surface area contributed by atoms with Gasteiger partial charge in [0.25, 0.3) is 0 Å². The second-order valence-electron chi connectivity index (χ2n) is 3.96. The van der Waals surface area contributed by atoms with Crippen molar-refractivity contribution in [3.8, 4) is 12.1 Å². The zero-order valence-electron chi connectivity index (χ0n) is 10.5. The highest BCUT2D eigenvalue weighted by molar-refractivity contribution is 6.33. The topological polar surface area (TPSA) is 110 Å². The van der Waals surface area contributed by atoms with Gasteiger partial charge < -0.3 is 10.4 Å². The summed E-state index contributed by atoms with van der Waals surface area (Å²) in [5.74, 6) is -0.895. The molecule has 0 saturated heterocycles. The summed E-state index contributed by atoms with van der Waals surface area (Å²) in [5.41, 5.74) is 0.910. The van der Waals surface area contributed by atoms with E-state index in [0.29, 0.717) is 5.69 Å². The monoisotopic (exact) mass is 298 g/mol. The van der Waals surface area contributed by atoms with Crippen molar-refractivity contribution in [3.05, 3.63) is 52.2 Å². The first-order chi connectivity index (χ1) is 10.0. The number of nitriles is 2. The number of pyridine rings is 1. The average molecular weight is 299 g/mol. The highest BCUT2D eigenvalue weighted by atomic mass is 35.5. The summed E-state index contributed by atoms with van der Waals surface area (Å²) in [7, 11) is 0. The Morgan fingerprint density at radius 2 is 1.95 bits per heavy atom. The maximum atomic E-state index is 11.0. The molecular formula is C14H7ClN4O2. The molecule has 21 heavy (non-hydrogen) atoms. The van der Waals surface area contributed by atoms with Crippen LogP contribution in [0.2, 0.25) is 5.02 Å². The Labute approximate surface area is 124 Å². The normalized spacial score (nSPS) is 9.48. The number of anilines is 2. The molecule has 0 fully saturated rings. The van der Waals surface area contributed by atoms with Crippen molar-refractivity contribution in [3.63, 3.8) is 0 Å². The Hall–Kier alpha value is -3.09. The van der Waals surface area contributed by atoms with Gasteiger partial charge in [-0.2, -0.15) is 10.5 Å². The summed E-state index contributed by atoms with van der Waals surface area (Å²) in [5, 5.41) is 29.7. The molecule has 1 aromatic carbocycles. The van der Waals surface area contributed by atoms with E-state index < -0.39 is 5.97 Å². The largest absolute Gasteiger partial charge is 0.478 e. The van der Waals surface area contributed by atoms with E-state index in [0.717, 1.165) is 0 Å². The van der Waals surface area contributed by atoms with Gasteiger partial charge >= 0.3 is 5.97 Å². The van der Waals surface area contributed by atoms with Crippen molar-refractivity contribution in [2.24, 2.45) is 0 Å². The minimum absolute atomic E-state index is 0.0330. The molecule has 2 N–H and O–H groups in total. The molecule has 0 spiro atoms. The van der Waals surface area contributed by atoms with Gasteiger partial charge in [0.1, 0.15) is 18.0 Å². The molecule has 0 aliphatic heterocycles. The highest BCUT2D eigenvalue weighted by Gasteiger charge is 2.11. The summed E-state index contributed by atoms with van der Waals surface area (Å²) in [4.78, 5) is 15.0. The van der Waals surface area contributed by atoms with Crippen LogP contribution in [-0.2, 0) is 0 Å². The van der Waals surface area contributed by atoms with E-state index in [4.69, 9.17) is 27.2 Å². The van der Waals surface area contributed by atoms with Crippen molar-refractivity contribution in [2.45, 2.75) is 0 Å². The molecule has 0 bridgehead atoms. The third-order valence-electron chi connectivity index (χ3n) is 2.62. The van der Waals surface area contributed by atoms with E-state index >= 15 is 0 Å². The number of hydrogen-bond donors (Lipinski definition) is 2. The number of halogens is 1. The van der Waals surface area contributed by atoms with Crippen molar-refractivity contribution in [1.82, 2.24) is 4.98 Å². The molecule has 6 nitrogen and oxygen atoms in total. The molecule has 0 saturated carbocycles. The second-order valence-corrected chi connectivity index (χ2v) is 4.37. The third-order valence-corrected chi connectivity index (χ3v) is 2.92. The van der Waals surface area contributed by atoms with Crippen LogP contribution in [0, 0.1) is 22.7 Å². The zero-order valence-corrected chi connectivity index (χ0v) is 11.2. The first kappa shape index (κ1) is 14.3. The molecule has 7 heteroatoms. The van der Waals surface area contributed by atoms with Gasteiger partial charge in [0.05, 0.1) is 21.7 Å². The van der Waals surface area contributed by atoms with Crippen LogP contribution in [0.15, 0.2) is 30.5 Å². The van der Waals surface area contributed by atoms with E-state index in [-0.39, 0.29) is 27.5 Å². The van der Waals surface area contributed by atoms with Crippen molar-refractivity contribution in [1.29, 1.82) is 10.5 Å². The van der Waals surface area contributed by atoms with Crippen molar-refractivity contribution in [2.75, 3.05) is 5.32 Å². The van der Waals surface area contributed by atoms with Gasteiger partial charge in [-0.25, -0.2) is 9.78 Å². The Kier molecular flexibility index (Phi) is 4.03. The summed E-state index contributed by atoms with van der Waals surface area (Å²) in [6.45, 7) is 0. The molecule has 0 atom stereocenters. The molecule has 2 rings (SSSR count). The van der Waals surface area contributed by atoms with Gasteiger partial charge in [0, 0.05) is 11.9 Å². The number of nitrogens with zero attached hydrogens (tertiary/aromatic N) is 3. The van der Waals surface area contributed by atoms with E-state index in [2.05, 4.69) is 10.3 Å². The number of aromatic carboxylic acids is 1. The number of hydrogen-bond acceptors (Lipinski definition) is 5. The van der Waals surface area contributed by atoms with Crippen LogP contribution in [0.25, 0.3) is 0 Å². The van der Waals surface area contributed by atoms with Crippen LogP contribution in [0.5, 0.6) is 0 Å². The smallest absolute Gasteiger partial charge is 0.337 e. The fourth-order valence-electron chi connectivity index (χ4n) is 1.63. The van der Waals surface area contributed by atoms with Gasteiger partial charge in [-0.1, -0.05) is 11.6 Å². The Bertz CT molecular complexity index is 806. The fraction of sp³-hybridized carbons (Fsp3) is 0. The maximum absolute atomic E-state index is 11.0. The number of benzene rings is 1. The molecule has 1 aromatic heterocycles. The van der Waals surface area contributed by atoms with E-state index in [1.165, 1.54) is 24.4 Å². The molecule has 0 amide bonds. The molecule has 2 aromatic rings. The summed E-state index contributed by atoms with van der Waals surface area (Å²) in [6, 6.07) is 9.68. The lowest BCUT2D eigenvalue weighted by atomic mass is 10.1. The van der Waals surface area contributed by atoms with E-state index in [1.54, 1.807) is 6.07 Å². The summed E-state index contributed by atoms with van der Waals surface area (Å²) < 4.78 is 0. The van der Waals surface area contributed by atoms with Gasteiger partial charge in [-0.05, 0) is 24.3 Å². The number of carboxylic acids is 1. The standard InChI is InChI=1S/C14H7ClN4O2/c15-12-7-18-13(4-11(12)14(20)21)19-10-2-1-8(5-16)9(3-10)6-17/h1-4,7H,(H,18,19)(H,20,21). The Morgan fingerprint density at radius 3 is 2.57 bits per heavy atom. The van der Waals surface area contributed by atoms with Crippen molar-refractivity contribution < 1.29 is 9.90 Å². The zero-order chi connectivity index (χ0) is 15.4. The molecule has 0 unspecified atom stereocenters. The summed E-state index contributed by atoms with van der Waals surface area (Å²) in [6.07, 6.45) is 1.22. The van der Waals surface area contributed by atoms with Gasteiger partial charge in [-0.15, -0.1) is 0 Å². The number of carbonyl (C=O) groups is 1. The quantitative estimate of drug-likeness (QED) is 0.901. The van der Waals surface area contributed by atoms with Gasteiger partial charge in [0.15, 0.2) is 0 Å². The van der Waals surface area contributed by atoms with Gasteiger partial charge in [0.2, 0.25) is 0 Å². The minimum atomic E-state index is -1.16. The Morgan fingerprint density at radius 1 is 1.24 bits per heavy atom. The molecule has 1 heterocycles. The first-order valence-electron chi connectivity index (χ1n) is 5.65.